The third kappa shape index (κ3) is 8.47. The zero-order valence-electron chi connectivity index (χ0n) is 23.9. The van der Waals surface area contributed by atoms with E-state index >= 15 is 0 Å². The molecule has 7 nitrogen and oxygen atoms in total. The molecule has 0 fully saturated rings. The number of amides is 2. The van der Waals surface area contributed by atoms with E-state index in [-0.39, 0.29) is 23.0 Å². The van der Waals surface area contributed by atoms with E-state index < -0.39 is 28.5 Å². The number of benzene rings is 3. The van der Waals surface area contributed by atoms with Crippen LogP contribution in [0.25, 0.3) is 0 Å². The highest BCUT2D eigenvalue weighted by Crippen LogP contribution is 2.29. The molecule has 0 bridgehead atoms. The van der Waals surface area contributed by atoms with Gasteiger partial charge in [-0.1, -0.05) is 79.4 Å². The van der Waals surface area contributed by atoms with Crippen molar-refractivity contribution in [2.75, 3.05) is 17.4 Å². The van der Waals surface area contributed by atoms with Gasteiger partial charge in [-0.3, -0.25) is 13.9 Å². The number of unbranched alkanes of at least 4 members (excludes halogenated alkanes) is 1. The number of hydrogen-bond donors (Lipinski definition) is 1. The average Bonchev–Trinajstić information content (AvgIpc) is 2.94. The molecular formula is C31H37Cl2N3O4S. The lowest BCUT2D eigenvalue weighted by Gasteiger charge is -2.33. The Kier molecular flexibility index (Phi) is 11.6. The maximum absolute atomic E-state index is 14.1. The molecule has 0 aliphatic heterocycles. The van der Waals surface area contributed by atoms with Crippen molar-refractivity contribution in [2.24, 2.45) is 0 Å². The van der Waals surface area contributed by atoms with Gasteiger partial charge in [-0.05, 0) is 74.2 Å². The number of anilines is 1. The molecule has 41 heavy (non-hydrogen) atoms. The Morgan fingerprint density at radius 2 is 1.59 bits per heavy atom. The van der Waals surface area contributed by atoms with Crippen molar-refractivity contribution in [3.8, 4) is 0 Å². The normalized spacial score (nSPS) is 12.0. The van der Waals surface area contributed by atoms with Crippen LogP contribution >= 0.6 is 23.2 Å². The lowest BCUT2D eigenvalue weighted by Crippen LogP contribution is -2.52. The molecule has 0 radical (unpaired) electrons. The van der Waals surface area contributed by atoms with Crippen molar-refractivity contribution in [2.45, 2.75) is 64.4 Å². The van der Waals surface area contributed by atoms with Crippen molar-refractivity contribution < 1.29 is 18.0 Å². The van der Waals surface area contributed by atoms with Crippen LogP contribution in [-0.2, 0) is 26.2 Å². The second-order valence-corrected chi connectivity index (χ2v) is 12.7. The van der Waals surface area contributed by atoms with E-state index in [0.29, 0.717) is 23.0 Å². The van der Waals surface area contributed by atoms with Gasteiger partial charge in [0.25, 0.3) is 10.0 Å². The molecule has 0 saturated carbocycles. The van der Waals surface area contributed by atoms with Crippen LogP contribution in [0.3, 0.4) is 0 Å². The van der Waals surface area contributed by atoms with E-state index in [1.165, 1.54) is 23.1 Å². The van der Waals surface area contributed by atoms with Crippen LogP contribution in [-0.4, -0.2) is 44.3 Å². The van der Waals surface area contributed by atoms with Crippen molar-refractivity contribution in [1.82, 2.24) is 10.2 Å². The predicted octanol–water partition coefficient (Wildman–Crippen LogP) is 6.53. The fourth-order valence-corrected chi connectivity index (χ4v) is 6.02. The van der Waals surface area contributed by atoms with Crippen molar-refractivity contribution >= 4 is 50.7 Å². The highest BCUT2D eigenvalue weighted by Gasteiger charge is 2.33. The number of carbonyl (C=O) groups excluding carboxylic acids is 2. The van der Waals surface area contributed by atoms with E-state index in [4.69, 9.17) is 23.2 Å². The molecule has 0 saturated heterocycles. The predicted molar refractivity (Wildman–Crippen MR) is 166 cm³/mol. The zero-order valence-corrected chi connectivity index (χ0v) is 26.2. The molecule has 0 aromatic heterocycles. The number of nitrogens with one attached hydrogen (secondary N) is 1. The largest absolute Gasteiger partial charge is 0.354 e. The second-order valence-electron chi connectivity index (χ2n) is 9.97. The maximum Gasteiger partial charge on any atom is 0.264 e. The minimum atomic E-state index is -4.17. The van der Waals surface area contributed by atoms with Crippen LogP contribution in [0.1, 0.15) is 49.8 Å². The molecule has 3 aromatic rings. The second kappa shape index (κ2) is 14.7. The van der Waals surface area contributed by atoms with Gasteiger partial charge in [0.2, 0.25) is 11.8 Å². The molecule has 0 unspecified atom stereocenters. The first-order chi connectivity index (χ1) is 19.5. The lowest BCUT2D eigenvalue weighted by atomic mass is 10.1. The van der Waals surface area contributed by atoms with E-state index in [0.717, 1.165) is 33.8 Å². The first-order valence-electron chi connectivity index (χ1n) is 13.6. The highest BCUT2D eigenvalue weighted by molar-refractivity contribution is 7.92. The van der Waals surface area contributed by atoms with Crippen LogP contribution in [0.2, 0.25) is 10.0 Å². The molecule has 1 N–H and O–H groups in total. The fraction of sp³-hybridized carbons (Fsp3) is 0.355. The van der Waals surface area contributed by atoms with Crippen molar-refractivity contribution in [3.05, 3.63) is 93.5 Å². The molecule has 0 heterocycles. The minimum Gasteiger partial charge on any atom is -0.354 e. The summed E-state index contributed by atoms with van der Waals surface area (Å²) < 4.78 is 29.0. The topological polar surface area (TPSA) is 86.8 Å². The van der Waals surface area contributed by atoms with E-state index in [1.54, 1.807) is 48.5 Å². The number of nitrogens with zero attached hydrogens (tertiary/aromatic N) is 2. The zero-order chi connectivity index (χ0) is 30.2. The summed E-state index contributed by atoms with van der Waals surface area (Å²) in [6, 6.07) is 17.5. The average molecular weight is 619 g/mol. The molecule has 0 spiro atoms. The van der Waals surface area contributed by atoms with Gasteiger partial charge in [0, 0.05) is 23.1 Å². The molecule has 10 heteroatoms. The smallest absolute Gasteiger partial charge is 0.264 e. The number of sulfonamides is 1. The van der Waals surface area contributed by atoms with Crippen LogP contribution in [0.5, 0.6) is 0 Å². The third-order valence-electron chi connectivity index (χ3n) is 6.81. The Bertz CT molecular complexity index is 1450. The molecule has 0 aliphatic carbocycles. The van der Waals surface area contributed by atoms with Gasteiger partial charge in [0.15, 0.2) is 0 Å². The van der Waals surface area contributed by atoms with Gasteiger partial charge < -0.3 is 10.2 Å². The fourth-order valence-electron chi connectivity index (χ4n) is 4.32. The molecule has 0 aliphatic rings. The Balaban J connectivity index is 2.05. The first kappa shape index (κ1) is 32.4. The van der Waals surface area contributed by atoms with Crippen molar-refractivity contribution in [1.29, 1.82) is 0 Å². The van der Waals surface area contributed by atoms with E-state index in [9.17, 15) is 18.0 Å². The molecule has 1 atom stereocenters. The highest BCUT2D eigenvalue weighted by atomic mass is 35.5. The van der Waals surface area contributed by atoms with Crippen LogP contribution in [0.4, 0.5) is 5.69 Å². The molecule has 2 amide bonds. The number of halogens is 2. The summed E-state index contributed by atoms with van der Waals surface area (Å²) in [6.07, 6.45) is 2.07. The summed E-state index contributed by atoms with van der Waals surface area (Å²) >= 11 is 12.5. The van der Waals surface area contributed by atoms with Crippen LogP contribution < -0.4 is 9.62 Å². The monoisotopic (exact) mass is 617 g/mol. The van der Waals surface area contributed by atoms with Gasteiger partial charge in [-0.25, -0.2) is 8.42 Å². The summed E-state index contributed by atoms with van der Waals surface area (Å²) in [4.78, 5) is 28.8. The standard InChI is InChI=1S/C31H37Cl2N3O4S/c1-5-7-18-34-31(38)29(6-2)35(20-24-11-13-25(32)14-12-24)30(37)21-36(26-15-10-23(4)28(33)19-26)41(39,40)27-16-8-22(3)9-17-27/h8-17,19,29H,5-7,18,20-21H2,1-4H3,(H,34,38)/t29-/m1/s1. The minimum absolute atomic E-state index is 0.0428. The SMILES string of the molecule is CCCCNC(=O)[C@@H](CC)N(Cc1ccc(Cl)cc1)C(=O)CN(c1ccc(C)c(Cl)c1)S(=O)(=O)c1ccc(C)cc1. The number of rotatable bonds is 13. The molecule has 3 rings (SSSR count). The number of hydrogen-bond acceptors (Lipinski definition) is 4. The number of aryl methyl sites for hydroxylation is 2. The lowest BCUT2D eigenvalue weighted by molar-refractivity contribution is -0.140. The quantitative estimate of drug-likeness (QED) is 0.221. The number of carbonyl (C=O) groups is 2. The van der Waals surface area contributed by atoms with Gasteiger partial charge >= 0.3 is 0 Å². The van der Waals surface area contributed by atoms with Gasteiger partial charge in [0.05, 0.1) is 10.6 Å². The summed E-state index contributed by atoms with van der Waals surface area (Å²) in [6.45, 7) is 7.60. The molecule has 220 valence electrons. The van der Waals surface area contributed by atoms with E-state index in [2.05, 4.69) is 5.32 Å². The molecular weight excluding hydrogens is 581 g/mol. The summed E-state index contributed by atoms with van der Waals surface area (Å²) in [5, 5.41) is 3.84. The molecule has 3 aromatic carbocycles. The Morgan fingerprint density at radius 3 is 2.17 bits per heavy atom. The Hall–Kier alpha value is -3.07. The Labute approximate surface area is 253 Å². The van der Waals surface area contributed by atoms with Crippen LogP contribution in [0, 0.1) is 13.8 Å². The summed E-state index contributed by atoms with van der Waals surface area (Å²) in [7, 11) is -4.17. The summed E-state index contributed by atoms with van der Waals surface area (Å²) in [5.41, 5.74) is 2.68. The Morgan fingerprint density at radius 1 is 0.927 bits per heavy atom. The van der Waals surface area contributed by atoms with Gasteiger partial charge in [-0.2, -0.15) is 0 Å². The van der Waals surface area contributed by atoms with E-state index in [1.807, 2.05) is 27.7 Å². The third-order valence-corrected chi connectivity index (χ3v) is 9.26. The van der Waals surface area contributed by atoms with Gasteiger partial charge in [-0.15, -0.1) is 0 Å². The van der Waals surface area contributed by atoms with Crippen LogP contribution in [0.15, 0.2) is 71.6 Å². The first-order valence-corrected chi connectivity index (χ1v) is 15.8. The maximum atomic E-state index is 14.1. The summed E-state index contributed by atoms with van der Waals surface area (Å²) in [5.74, 6) is -0.806. The van der Waals surface area contributed by atoms with Crippen molar-refractivity contribution in [3.63, 3.8) is 0 Å². The van der Waals surface area contributed by atoms with Gasteiger partial charge in [0.1, 0.15) is 12.6 Å².